The first-order chi connectivity index (χ1) is 17.0. The average Bonchev–Trinajstić information content (AvgIpc) is 2.81. The molecule has 196 valence electrons. The highest BCUT2D eigenvalue weighted by atomic mass is 127. The largest absolute Gasteiger partial charge is 0.493 e. The average molecular weight is 650 g/mol. The molecule has 0 aliphatic rings. The van der Waals surface area contributed by atoms with E-state index >= 15 is 0 Å². The van der Waals surface area contributed by atoms with Gasteiger partial charge in [0.05, 0.1) is 28.5 Å². The molecule has 36 heavy (non-hydrogen) atoms. The molecule has 0 aliphatic heterocycles. The SMILES string of the molecule is CCOc1c(I)cc(/C=N\NC(=O)[C@@H](CC(C)C)NC(=O)[C@@H](C)Oc2ccc(Cl)cc2Cl)cc1OC. The molecular formula is C25H30Cl2IN3O5. The normalized spacial score (nSPS) is 12.8. The van der Waals surface area contributed by atoms with Crippen molar-refractivity contribution >= 4 is 63.8 Å². The molecule has 0 fully saturated rings. The fraction of sp³-hybridized carbons (Fsp3) is 0.400. The lowest BCUT2D eigenvalue weighted by Crippen LogP contribution is -2.49. The van der Waals surface area contributed by atoms with E-state index in [-0.39, 0.29) is 10.9 Å². The highest BCUT2D eigenvalue weighted by molar-refractivity contribution is 14.1. The summed E-state index contributed by atoms with van der Waals surface area (Å²) >= 11 is 14.2. The molecule has 0 heterocycles. The fourth-order valence-corrected chi connectivity index (χ4v) is 4.39. The van der Waals surface area contributed by atoms with Crippen molar-refractivity contribution in [2.75, 3.05) is 13.7 Å². The van der Waals surface area contributed by atoms with E-state index in [1.165, 1.54) is 12.3 Å². The van der Waals surface area contributed by atoms with Gasteiger partial charge in [-0.25, -0.2) is 5.43 Å². The summed E-state index contributed by atoms with van der Waals surface area (Å²) in [6.07, 6.45) is 1.02. The zero-order chi connectivity index (χ0) is 26.8. The summed E-state index contributed by atoms with van der Waals surface area (Å²) in [6.45, 7) is 7.89. The molecule has 8 nitrogen and oxygen atoms in total. The van der Waals surface area contributed by atoms with Crippen molar-refractivity contribution in [2.45, 2.75) is 46.3 Å². The van der Waals surface area contributed by atoms with Crippen molar-refractivity contribution in [3.63, 3.8) is 0 Å². The summed E-state index contributed by atoms with van der Waals surface area (Å²) in [5.74, 6) is 0.769. The molecule has 0 radical (unpaired) electrons. The van der Waals surface area contributed by atoms with Gasteiger partial charge in [0.25, 0.3) is 11.8 Å². The Bertz CT molecular complexity index is 1100. The summed E-state index contributed by atoms with van der Waals surface area (Å²) in [6, 6.07) is 7.53. The second kappa shape index (κ2) is 14.5. The number of hydrogen-bond donors (Lipinski definition) is 2. The van der Waals surface area contributed by atoms with Gasteiger partial charge < -0.3 is 19.5 Å². The van der Waals surface area contributed by atoms with E-state index in [2.05, 4.69) is 38.4 Å². The van der Waals surface area contributed by atoms with E-state index in [0.717, 1.165) is 3.57 Å². The molecule has 2 rings (SSSR count). The van der Waals surface area contributed by atoms with E-state index < -0.39 is 24.0 Å². The van der Waals surface area contributed by atoms with Crippen LogP contribution >= 0.6 is 45.8 Å². The minimum atomic E-state index is -0.895. The molecule has 11 heteroatoms. The molecule has 2 aromatic carbocycles. The van der Waals surface area contributed by atoms with Crippen LogP contribution in [0.25, 0.3) is 0 Å². The highest BCUT2D eigenvalue weighted by Gasteiger charge is 2.25. The van der Waals surface area contributed by atoms with Crippen LogP contribution in [0.4, 0.5) is 0 Å². The number of nitrogens with one attached hydrogen (secondary N) is 2. The van der Waals surface area contributed by atoms with E-state index in [1.807, 2.05) is 26.8 Å². The number of halogens is 3. The Morgan fingerprint density at radius 3 is 2.44 bits per heavy atom. The monoisotopic (exact) mass is 649 g/mol. The van der Waals surface area contributed by atoms with Crippen molar-refractivity contribution in [2.24, 2.45) is 11.0 Å². The standard InChI is InChI=1S/C25H30Cl2IN3O5/c1-6-35-23-19(28)10-16(11-22(23)34-5)13-29-31-25(33)20(9-14(2)3)30-24(32)15(4)36-21-8-7-17(26)12-18(21)27/h7-8,10-15,20H,6,9H2,1-5H3,(H,30,32)(H,31,33)/b29-13-/t15-,20-/m1/s1. The van der Waals surface area contributed by atoms with Gasteiger partial charge >= 0.3 is 0 Å². The maximum atomic E-state index is 12.8. The third-order valence-corrected chi connectivity index (χ3v) is 6.17. The second-order valence-corrected chi connectivity index (χ2v) is 10.2. The van der Waals surface area contributed by atoms with Gasteiger partial charge in [-0.05, 0) is 84.7 Å². The van der Waals surface area contributed by atoms with Crippen LogP contribution in [0.5, 0.6) is 17.2 Å². The Morgan fingerprint density at radius 2 is 1.83 bits per heavy atom. The zero-order valence-corrected chi connectivity index (χ0v) is 24.4. The van der Waals surface area contributed by atoms with Crippen LogP contribution < -0.4 is 25.0 Å². The number of hydrazone groups is 1. The number of hydrogen-bond acceptors (Lipinski definition) is 6. The number of methoxy groups -OCH3 is 1. The number of amides is 2. The van der Waals surface area contributed by atoms with Crippen LogP contribution in [-0.2, 0) is 9.59 Å². The van der Waals surface area contributed by atoms with Crippen molar-refractivity contribution in [1.82, 2.24) is 10.7 Å². The number of rotatable bonds is 12. The quantitative estimate of drug-likeness (QED) is 0.181. The molecule has 2 N–H and O–H groups in total. The van der Waals surface area contributed by atoms with Crippen molar-refractivity contribution in [1.29, 1.82) is 0 Å². The second-order valence-electron chi connectivity index (χ2n) is 8.23. The summed E-state index contributed by atoms with van der Waals surface area (Å²) in [4.78, 5) is 25.6. The third-order valence-electron chi connectivity index (χ3n) is 4.84. The van der Waals surface area contributed by atoms with Crippen LogP contribution in [0.3, 0.4) is 0 Å². The van der Waals surface area contributed by atoms with Gasteiger partial charge in [-0.3, -0.25) is 9.59 Å². The molecule has 0 saturated carbocycles. The van der Waals surface area contributed by atoms with Gasteiger partial charge in [0.15, 0.2) is 17.6 Å². The first kappa shape index (κ1) is 30.0. The van der Waals surface area contributed by atoms with E-state index in [4.69, 9.17) is 37.4 Å². The van der Waals surface area contributed by atoms with Crippen molar-refractivity contribution in [3.05, 3.63) is 49.5 Å². The lowest BCUT2D eigenvalue weighted by atomic mass is 10.0. The fourth-order valence-electron chi connectivity index (χ4n) is 3.15. The van der Waals surface area contributed by atoms with Crippen LogP contribution in [0.15, 0.2) is 35.4 Å². The first-order valence-corrected chi connectivity index (χ1v) is 13.1. The summed E-state index contributed by atoms with van der Waals surface area (Å²) in [5.41, 5.74) is 3.22. The molecule has 0 aromatic heterocycles. The van der Waals surface area contributed by atoms with Gasteiger partial charge in [-0.1, -0.05) is 37.0 Å². The molecule has 2 atom stereocenters. The molecule has 2 aromatic rings. The summed E-state index contributed by atoms with van der Waals surface area (Å²) < 4.78 is 17.5. The zero-order valence-electron chi connectivity index (χ0n) is 20.7. The Hall–Kier alpha value is -2.24. The number of ether oxygens (including phenoxy) is 3. The Kier molecular flexibility index (Phi) is 12.1. The van der Waals surface area contributed by atoms with E-state index in [9.17, 15) is 9.59 Å². The molecule has 0 unspecified atom stereocenters. The van der Waals surface area contributed by atoms with Gasteiger partial charge in [-0.2, -0.15) is 5.10 Å². The van der Waals surface area contributed by atoms with E-state index in [0.29, 0.717) is 40.9 Å². The number of carbonyl (C=O) groups is 2. The highest BCUT2D eigenvalue weighted by Crippen LogP contribution is 2.33. The molecule has 0 saturated heterocycles. The number of carbonyl (C=O) groups excluding carboxylic acids is 2. The first-order valence-electron chi connectivity index (χ1n) is 11.3. The van der Waals surface area contributed by atoms with Gasteiger partial charge in [0.2, 0.25) is 0 Å². The minimum absolute atomic E-state index is 0.143. The molecule has 2 amide bonds. The van der Waals surface area contributed by atoms with Gasteiger partial charge in [-0.15, -0.1) is 0 Å². The summed E-state index contributed by atoms with van der Waals surface area (Å²) in [7, 11) is 1.56. The third kappa shape index (κ3) is 9.01. The van der Waals surface area contributed by atoms with Crippen molar-refractivity contribution < 1.29 is 23.8 Å². The number of nitrogens with zero attached hydrogens (tertiary/aromatic N) is 1. The van der Waals surface area contributed by atoms with Gasteiger partial charge in [0, 0.05) is 5.02 Å². The smallest absolute Gasteiger partial charge is 0.262 e. The lowest BCUT2D eigenvalue weighted by Gasteiger charge is -2.22. The lowest BCUT2D eigenvalue weighted by molar-refractivity contribution is -0.132. The van der Waals surface area contributed by atoms with Crippen LogP contribution in [0.2, 0.25) is 10.0 Å². The minimum Gasteiger partial charge on any atom is -0.493 e. The van der Waals surface area contributed by atoms with Crippen LogP contribution in [0.1, 0.15) is 39.7 Å². The molecular weight excluding hydrogens is 620 g/mol. The molecule has 0 aliphatic carbocycles. The van der Waals surface area contributed by atoms with Gasteiger partial charge in [0.1, 0.15) is 11.8 Å². The predicted octanol–water partition coefficient (Wildman–Crippen LogP) is 5.45. The maximum Gasteiger partial charge on any atom is 0.262 e. The van der Waals surface area contributed by atoms with Crippen LogP contribution in [0, 0.1) is 9.49 Å². The Labute approximate surface area is 235 Å². The Morgan fingerprint density at radius 1 is 1.11 bits per heavy atom. The molecule has 0 bridgehead atoms. The Balaban J connectivity index is 2.06. The van der Waals surface area contributed by atoms with E-state index in [1.54, 1.807) is 32.2 Å². The van der Waals surface area contributed by atoms with Crippen LogP contribution in [-0.4, -0.2) is 43.9 Å². The predicted molar refractivity (Wildman–Crippen MR) is 151 cm³/mol. The number of benzene rings is 2. The summed E-state index contributed by atoms with van der Waals surface area (Å²) in [5, 5.41) is 7.55. The molecule has 0 spiro atoms. The topological polar surface area (TPSA) is 98.2 Å². The maximum absolute atomic E-state index is 12.8. The van der Waals surface area contributed by atoms with Crippen molar-refractivity contribution in [3.8, 4) is 17.2 Å².